The number of anilines is 1. The molecule has 0 aliphatic rings. The summed E-state index contributed by atoms with van der Waals surface area (Å²) in [6.45, 7) is 7.99. The van der Waals surface area contributed by atoms with Gasteiger partial charge in [0.25, 0.3) is 5.89 Å². The van der Waals surface area contributed by atoms with E-state index in [1.54, 1.807) is 30.3 Å². The summed E-state index contributed by atoms with van der Waals surface area (Å²) < 4.78 is 69.8. The van der Waals surface area contributed by atoms with Crippen LogP contribution >= 0.6 is 0 Å². The summed E-state index contributed by atoms with van der Waals surface area (Å²) in [4.78, 5) is 26.6. The molecule has 0 unspecified atom stereocenters. The number of benzene rings is 1. The molecule has 3 rings (SSSR count). The van der Waals surface area contributed by atoms with Crippen molar-refractivity contribution in [3.05, 3.63) is 48.2 Å². The molecule has 0 N–H and O–H groups in total. The van der Waals surface area contributed by atoms with Crippen LogP contribution in [0, 0.1) is 0 Å². The van der Waals surface area contributed by atoms with E-state index in [4.69, 9.17) is 14.0 Å². The smallest absolute Gasteiger partial charge is 0.427 e. The van der Waals surface area contributed by atoms with Gasteiger partial charge in [-0.3, -0.25) is 0 Å². The van der Waals surface area contributed by atoms with Gasteiger partial charge in [-0.2, -0.15) is 18.2 Å². The molecule has 0 saturated heterocycles. The number of amides is 1. The molecule has 0 fully saturated rings. The number of carbonyl (C=O) groups is 1. The largest absolute Gasteiger partial charge is 0.491 e. The lowest BCUT2D eigenvalue weighted by atomic mass is 10.1. The molecule has 2 heterocycles. The second-order valence-corrected chi connectivity index (χ2v) is 10.8. The number of hydrogen-bond donors (Lipinski definition) is 0. The van der Waals surface area contributed by atoms with Crippen LogP contribution in [0.1, 0.15) is 72.5 Å². The first-order chi connectivity index (χ1) is 19.1. The highest BCUT2D eigenvalue weighted by molar-refractivity contribution is 5.86. The summed E-state index contributed by atoms with van der Waals surface area (Å²) in [6.07, 6.45) is -2.69. The minimum Gasteiger partial charge on any atom is -0.491 e. The van der Waals surface area contributed by atoms with E-state index in [9.17, 15) is 22.4 Å². The molecule has 0 saturated carbocycles. The number of aromatic nitrogens is 4. The molecule has 3 aromatic rings. The van der Waals surface area contributed by atoms with Gasteiger partial charge in [0.1, 0.15) is 5.75 Å². The summed E-state index contributed by atoms with van der Waals surface area (Å²) in [7, 11) is 0. The van der Waals surface area contributed by atoms with Crippen molar-refractivity contribution >= 4 is 12.0 Å². The molecule has 0 radical (unpaired) electrons. The minimum absolute atomic E-state index is 0.000929. The van der Waals surface area contributed by atoms with Crippen LogP contribution in [0.25, 0.3) is 11.3 Å². The molecule has 0 aliphatic heterocycles. The third kappa shape index (κ3) is 8.86. The summed E-state index contributed by atoms with van der Waals surface area (Å²) >= 11 is 0. The molecule has 9 nitrogen and oxygen atoms in total. The SMILES string of the molecule is CC(C)Oc1ccc(-c2ccnc(N(CCCCCc3noc(C(C)(C)F)n3)C(=O)OC(C)(C)C(F)(F)F)n2)cc1. The predicted molar refractivity (Wildman–Crippen MR) is 143 cm³/mol. The van der Waals surface area contributed by atoms with Gasteiger partial charge in [-0.25, -0.2) is 24.1 Å². The Labute approximate surface area is 236 Å². The molecule has 0 spiro atoms. The highest BCUT2D eigenvalue weighted by Gasteiger charge is 2.51. The molecular formula is C28H35F4N5O4. The van der Waals surface area contributed by atoms with E-state index in [-0.39, 0.29) is 24.5 Å². The third-order valence-electron chi connectivity index (χ3n) is 5.91. The lowest BCUT2D eigenvalue weighted by molar-refractivity contribution is -0.243. The molecule has 1 aromatic carbocycles. The van der Waals surface area contributed by atoms with Gasteiger partial charge in [0.15, 0.2) is 11.5 Å². The van der Waals surface area contributed by atoms with Crippen molar-refractivity contribution < 1.29 is 36.4 Å². The van der Waals surface area contributed by atoms with Crippen molar-refractivity contribution in [1.29, 1.82) is 0 Å². The van der Waals surface area contributed by atoms with E-state index >= 15 is 0 Å². The van der Waals surface area contributed by atoms with Gasteiger partial charge in [-0.1, -0.05) is 11.6 Å². The second-order valence-electron chi connectivity index (χ2n) is 10.8. The number of alkyl halides is 4. The minimum atomic E-state index is -4.78. The van der Waals surface area contributed by atoms with Gasteiger partial charge in [-0.05, 0) is 84.7 Å². The predicted octanol–water partition coefficient (Wildman–Crippen LogP) is 7.22. The Kier molecular flexibility index (Phi) is 9.93. The molecule has 2 aromatic heterocycles. The van der Waals surface area contributed by atoms with Crippen LogP contribution in [0.3, 0.4) is 0 Å². The number of unbranched alkanes of at least 4 members (excludes halogenated alkanes) is 2. The van der Waals surface area contributed by atoms with Gasteiger partial charge < -0.3 is 14.0 Å². The Morgan fingerprint density at radius 3 is 2.24 bits per heavy atom. The number of ether oxygens (including phenoxy) is 2. The Bertz CT molecular complexity index is 1290. The number of halogens is 4. The number of nitrogens with zero attached hydrogens (tertiary/aromatic N) is 5. The first kappa shape index (κ1) is 31.8. The van der Waals surface area contributed by atoms with Gasteiger partial charge in [0.05, 0.1) is 11.8 Å². The van der Waals surface area contributed by atoms with Crippen molar-refractivity contribution in [3.63, 3.8) is 0 Å². The van der Waals surface area contributed by atoms with Gasteiger partial charge in [0.2, 0.25) is 11.5 Å². The Morgan fingerprint density at radius 2 is 1.66 bits per heavy atom. The van der Waals surface area contributed by atoms with Crippen molar-refractivity contribution in [2.75, 3.05) is 11.4 Å². The normalized spacial score (nSPS) is 12.5. The second kappa shape index (κ2) is 12.8. The molecule has 0 bridgehead atoms. The Balaban J connectivity index is 1.74. The molecule has 0 aliphatic carbocycles. The van der Waals surface area contributed by atoms with E-state index < -0.39 is 23.5 Å². The van der Waals surface area contributed by atoms with E-state index in [0.717, 1.165) is 18.7 Å². The van der Waals surface area contributed by atoms with Crippen LogP contribution in [0.4, 0.5) is 28.3 Å². The van der Waals surface area contributed by atoms with Gasteiger partial charge >= 0.3 is 12.3 Å². The van der Waals surface area contributed by atoms with Crippen molar-refractivity contribution in [3.8, 4) is 17.0 Å². The highest BCUT2D eigenvalue weighted by atomic mass is 19.4. The summed E-state index contributed by atoms with van der Waals surface area (Å²) in [5.41, 5.74) is -3.33. The maximum Gasteiger partial charge on any atom is 0.427 e. The number of carbonyl (C=O) groups excluding carboxylic acids is 1. The van der Waals surface area contributed by atoms with Crippen LogP contribution < -0.4 is 9.64 Å². The average Bonchev–Trinajstić information content (AvgIpc) is 3.35. The van der Waals surface area contributed by atoms with Crippen molar-refractivity contribution in [2.24, 2.45) is 0 Å². The number of aryl methyl sites for hydroxylation is 1. The van der Waals surface area contributed by atoms with E-state index in [1.807, 2.05) is 13.8 Å². The molecule has 224 valence electrons. The summed E-state index contributed by atoms with van der Waals surface area (Å²) in [6, 6.07) is 8.74. The molecule has 0 atom stereocenters. The van der Waals surface area contributed by atoms with Crippen molar-refractivity contribution in [2.45, 2.75) is 90.8 Å². The molecule has 13 heteroatoms. The van der Waals surface area contributed by atoms with Gasteiger partial charge in [0, 0.05) is 24.7 Å². The van der Waals surface area contributed by atoms with Crippen LogP contribution in [0.5, 0.6) is 5.75 Å². The molecule has 41 heavy (non-hydrogen) atoms. The van der Waals surface area contributed by atoms with E-state index in [0.29, 0.717) is 48.5 Å². The topological polar surface area (TPSA) is 103 Å². The fourth-order valence-electron chi connectivity index (χ4n) is 3.55. The fourth-order valence-corrected chi connectivity index (χ4v) is 3.55. The molecule has 1 amide bonds. The third-order valence-corrected chi connectivity index (χ3v) is 5.91. The first-order valence-corrected chi connectivity index (χ1v) is 13.3. The first-order valence-electron chi connectivity index (χ1n) is 13.3. The zero-order valence-electron chi connectivity index (χ0n) is 24.0. The van der Waals surface area contributed by atoms with E-state index in [1.165, 1.54) is 20.0 Å². The maximum atomic E-state index is 14.0. The Hall–Kier alpha value is -3.77. The zero-order chi connectivity index (χ0) is 30.4. The number of rotatable bonds is 12. The van der Waals surface area contributed by atoms with Crippen LogP contribution in [-0.2, 0) is 16.8 Å². The maximum absolute atomic E-state index is 14.0. The standard InChI is InChI=1S/C28H35F4N5O4/c1-18(2)39-20-13-11-19(12-14-20)21-15-16-33-24(34-21)37(25(38)40-27(5,6)28(30,31)32)17-9-7-8-10-22-35-23(41-36-22)26(3,4)29/h11-16,18H,7-10,17H2,1-6H3. The van der Waals surface area contributed by atoms with Crippen molar-refractivity contribution in [1.82, 2.24) is 20.1 Å². The highest BCUT2D eigenvalue weighted by Crippen LogP contribution is 2.34. The molecular weight excluding hydrogens is 546 g/mol. The van der Waals surface area contributed by atoms with Crippen LogP contribution in [0.15, 0.2) is 41.1 Å². The zero-order valence-corrected chi connectivity index (χ0v) is 24.0. The lowest BCUT2D eigenvalue weighted by Gasteiger charge is -2.30. The lowest BCUT2D eigenvalue weighted by Crippen LogP contribution is -2.47. The van der Waals surface area contributed by atoms with Crippen LogP contribution in [-0.4, -0.2) is 50.6 Å². The van der Waals surface area contributed by atoms with E-state index in [2.05, 4.69) is 20.1 Å². The van der Waals surface area contributed by atoms with Crippen LogP contribution in [0.2, 0.25) is 0 Å². The monoisotopic (exact) mass is 581 g/mol. The quantitative estimate of drug-likeness (QED) is 0.163. The number of hydrogen-bond acceptors (Lipinski definition) is 8. The van der Waals surface area contributed by atoms with Gasteiger partial charge in [-0.15, -0.1) is 0 Å². The Morgan fingerprint density at radius 1 is 0.976 bits per heavy atom. The summed E-state index contributed by atoms with van der Waals surface area (Å²) in [5.74, 6) is 0.798. The average molecular weight is 582 g/mol. The summed E-state index contributed by atoms with van der Waals surface area (Å²) in [5, 5.41) is 3.77. The fraction of sp³-hybridized carbons (Fsp3) is 0.536.